The van der Waals surface area contributed by atoms with Crippen LogP contribution in [0.5, 0.6) is 0 Å². The van der Waals surface area contributed by atoms with Gasteiger partial charge < -0.3 is 10.6 Å². The van der Waals surface area contributed by atoms with E-state index in [-0.39, 0.29) is 22.8 Å². The summed E-state index contributed by atoms with van der Waals surface area (Å²) in [6, 6.07) is 16.5. The van der Waals surface area contributed by atoms with Gasteiger partial charge in [0.05, 0.1) is 27.1 Å². The second-order valence-electron chi connectivity index (χ2n) is 7.33. The normalized spacial score (nSPS) is 12.4. The minimum Gasteiger partial charge on any atom is -0.345 e. The second kappa shape index (κ2) is 10.7. The van der Waals surface area contributed by atoms with Gasteiger partial charge in [0.15, 0.2) is 0 Å². The van der Waals surface area contributed by atoms with Gasteiger partial charge in [-0.05, 0) is 48.2 Å². The van der Waals surface area contributed by atoms with Crippen molar-refractivity contribution >= 4 is 38.9 Å². The van der Waals surface area contributed by atoms with E-state index < -0.39 is 10.0 Å². The van der Waals surface area contributed by atoms with E-state index in [9.17, 15) is 18.0 Å². The molecule has 1 aromatic heterocycles. The van der Waals surface area contributed by atoms with Crippen LogP contribution in [0.3, 0.4) is 0 Å². The third-order valence-corrected chi connectivity index (χ3v) is 8.17. The molecule has 0 aliphatic carbocycles. The summed E-state index contributed by atoms with van der Waals surface area (Å²) in [7, 11) is -3.54. The number of carbonyl (C=O) groups is 2. The van der Waals surface area contributed by atoms with Crippen LogP contribution in [-0.2, 0) is 10.0 Å². The Kier molecular flexibility index (Phi) is 8.01. The summed E-state index contributed by atoms with van der Waals surface area (Å²) in [6.07, 6.45) is 0. The Morgan fingerprint density at radius 1 is 0.939 bits per heavy atom. The molecule has 0 radical (unpaired) electrons. The van der Waals surface area contributed by atoms with E-state index in [2.05, 4.69) is 10.6 Å². The zero-order valence-corrected chi connectivity index (χ0v) is 20.4. The number of hydrogen-bond acceptors (Lipinski definition) is 5. The molecule has 33 heavy (non-hydrogen) atoms. The highest BCUT2D eigenvalue weighted by molar-refractivity contribution is 7.89. The predicted octanol–water partition coefficient (Wildman–Crippen LogP) is 4.52. The maximum absolute atomic E-state index is 12.9. The highest BCUT2D eigenvalue weighted by atomic mass is 32.2. The van der Waals surface area contributed by atoms with Crippen LogP contribution in [0.1, 0.15) is 52.4 Å². The molecule has 174 valence electrons. The molecule has 2 aromatic carbocycles. The third kappa shape index (κ3) is 5.68. The lowest BCUT2D eigenvalue weighted by Crippen LogP contribution is -2.30. The van der Waals surface area contributed by atoms with E-state index in [0.29, 0.717) is 29.2 Å². The molecule has 0 unspecified atom stereocenters. The Labute approximate surface area is 198 Å². The first kappa shape index (κ1) is 24.6. The maximum Gasteiger partial charge on any atom is 0.265 e. The van der Waals surface area contributed by atoms with Crippen molar-refractivity contribution in [3.05, 3.63) is 82.0 Å². The average molecular weight is 486 g/mol. The summed E-state index contributed by atoms with van der Waals surface area (Å²) < 4.78 is 26.7. The lowest BCUT2D eigenvalue weighted by molar-refractivity contribution is 0.0940. The molecule has 9 heteroatoms. The van der Waals surface area contributed by atoms with Gasteiger partial charge in [-0.3, -0.25) is 9.59 Å². The Morgan fingerprint density at radius 3 is 2.21 bits per heavy atom. The molecule has 1 heterocycles. The zero-order valence-electron chi connectivity index (χ0n) is 18.7. The highest BCUT2D eigenvalue weighted by Crippen LogP contribution is 2.22. The molecule has 2 amide bonds. The number of hydrogen-bond donors (Lipinski definition) is 2. The minimum absolute atomic E-state index is 0.218. The van der Waals surface area contributed by atoms with Gasteiger partial charge in [-0.25, -0.2) is 8.42 Å². The highest BCUT2D eigenvalue weighted by Gasteiger charge is 2.22. The van der Waals surface area contributed by atoms with Crippen LogP contribution >= 0.6 is 11.3 Å². The van der Waals surface area contributed by atoms with Crippen molar-refractivity contribution in [3.8, 4) is 0 Å². The summed E-state index contributed by atoms with van der Waals surface area (Å²) in [5.41, 5.74) is 1.53. The van der Waals surface area contributed by atoms with Crippen molar-refractivity contribution in [1.82, 2.24) is 9.62 Å². The Hall–Kier alpha value is -3.01. The topological polar surface area (TPSA) is 95.6 Å². The van der Waals surface area contributed by atoms with Gasteiger partial charge in [-0.2, -0.15) is 4.31 Å². The quantitative estimate of drug-likeness (QED) is 0.466. The molecule has 7 nitrogen and oxygen atoms in total. The number of rotatable bonds is 9. The number of nitrogens with one attached hydrogen (secondary N) is 2. The van der Waals surface area contributed by atoms with Crippen LogP contribution in [0.15, 0.2) is 70.9 Å². The first-order valence-corrected chi connectivity index (χ1v) is 12.9. The van der Waals surface area contributed by atoms with Gasteiger partial charge in [-0.15, -0.1) is 11.3 Å². The van der Waals surface area contributed by atoms with Gasteiger partial charge in [0.25, 0.3) is 11.8 Å². The number of thiophene rings is 1. The molecular formula is C24H27N3O4S2. The fraction of sp³-hybridized carbons (Fsp3) is 0.250. The van der Waals surface area contributed by atoms with Crippen LogP contribution in [0, 0.1) is 0 Å². The molecule has 1 atom stereocenters. The van der Waals surface area contributed by atoms with E-state index in [4.69, 9.17) is 0 Å². The third-order valence-electron chi connectivity index (χ3n) is 5.24. The van der Waals surface area contributed by atoms with Gasteiger partial charge in [0.1, 0.15) is 0 Å². The molecule has 0 aliphatic heterocycles. The van der Waals surface area contributed by atoms with Gasteiger partial charge in [0, 0.05) is 13.1 Å². The van der Waals surface area contributed by atoms with Crippen LogP contribution in [0.2, 0.25) is 0 Å². The number of benzene rings is 2. The van der Waals surface area contributed by atoms with E-state index >= 15 is 0 Å². The Bertz CT molecular complexity index is 1200. The Morgan fingerprint density at radius 2 is 1.61 bits per heavy atom. The van der Waals surface area contributed by atoms with Crippen LogP contribution in [0.4, 0.5) is 5.69 Å². The van der Waals surface area contributed by atoms with E-state index in [1.807, 2.05) is 12.3 Å². The monoisotopic (exact) mass is 485 g/mol. The maximum atomic E-state index is 12.9. The number of nitrogens with zero attached hydrogens (tertiary/aromatic N) is 1. The molecular weight excluding hydrogens is 458 g/mol. The SMILES string of the molecule is CCN(CC)S(=O)(=O)c1ccc([C@@H](C)NC(=O)c2ccccc2NC(=O)c2cccs2)cc1. The molecule has 0 bridgehead atoms. The van der Waals surface area contributed by atoms with E-state index in [1.165, 1.54) is 15.6 Å². The lowest BCUT2D eigenvalue weighted by atomic mass is 10.1. The molecule has 0 spiro atoms. The van der Waals surface area contributed by atoms with Gasteiger partial charge >= 0.3 is 0 Å². The van der Waals surface area contributed by atoms with Crippen molar-refractivity contribution in [2.75, 3.05) is 18.4 Å². The summed E-state index contributed by atoms with van der Waals surface area (Å²) >= 11 is 1.32. The standard InChI is InChI=1S/C24H27N3O4S2/c1-4-27(5-2)33(30,31)19-14-12-18(13-15-19)17(3)25-23(28)20-9-6-7-10-21(20)26-24(29)22-11-8-16-32-22/h6-17H,4-5H2,1-3H3,(H,25,28)(H,26,29)/t17-/m1/s1. The van der Waals surface area contributed by atoms with E-state index in [0.717, 1.165) is 5.56 Å². The van der Waals surface area contributed by atoms with Crippen molar-refractivity contribution < 1.29 is 18.0 Å². The lowest BCUT2D eigenvalue weighted by Gasteiger charge is -2.20. The van der Waals surface area contributed by atoms with Gasteiger partial charge in [0.2, 0.25) is 10.0 Å². The molecule has 0 aliphatic rings. The molecule has 0 saturated carbocycles. The second-order valence-corrected chi connectivity index (χ2v) is 10.2. The predicted molar refractivity (Wildman–Crippen MR) is 131 cm³/mol. The number of para-hydroxylation sites is 1. The Balaban J connectivity index is 1.73. The van der Waals surface area contributed by atoms with Crippen molar-refractivity contribution in [1.29, 1.82) is 0 Å². The van der Waals surface area contributed by atoms with Crippen molar-refractivity contribution in [3.63, 3.8) is 0 Å². The van der Waals surface area contributed by atoms with Crippen LogP contribution < -0.4 is 10.6 Å². The first-order valence-electron chi connectivity index (χ1n) is 10.6. The number of anilines is 1. The smallest absolute Gasteiger partial charge is 0.265 e. The molecule has 0 saturated heterocycles. The first-order chi connectivity index (χ1) is 15.8. The van der Waals surface area contributed by atoms with Crippen molar-refractivity contribution in [2.24, 2.45) is 0 Å². The molecule has 2 N–H and O–H groups in total. The number of sulfonamides is 1. The zero-order chi connectivity index (χ0) is 24.0. The van der Waals surface area contributed by atoms with Crippen LogP contribution in [0.25, 0.3) is 0 Å². The molecule has 3 aromatic rings. The van der Waals surface area contributed by atoms with Gasteiger partial charge in [-0.1, -0.05) is 44.2 Å². The minimum atomic E-state index is -3.54. The van der Waals surface area contributed by atoms with Crippen molar-refractivity contribution in [2.45, 2.75) is 31.7 Å². The number of carbonyl (C=O) groups excluding carboxylic acids is 2. The molecule has 3 rings (SSSR count). The molecule has 0 fully saturated rings. The largest absolute Gasteiger partial charge is 0.345 e. The summed E-state index contributed by atoms with van der Waals surface area (Å²) in [4.78, 5) is 26.1. The summed E-state index contributed by atoms with van der Waals surface area (Å²) in [5, 5.41) is 7.52. The summed E-state index contributed by atoms with van der Waals surface area (Å²) in [6.45, 7) is 6.21. The fourth-order valence-corrected chi connectivity index (χ4v) is 5.46. The fourth-order valence-electron chi connectivity index (χ4n) is 3.38. The van der Waals surface area contributed by atoms with Crippen LogP contribution in [-0.4, -0.2) is 37.6 Å². The average Bonchev–Trinajstić information content (AvgIpc) is 3.35. The summed E-state index contributed by atoms with van der Waals surface area (Å²) in [5.74, 6) is -0.618. The van der Waals surface area contributed by atoms with E-state index in [1.54, 1.807) is 74.5 Å². The number of amides is 2.